The Morgan fingerprint density at radius 2 is 2.07 bits per heavy atom. The minimum Gasteiger partial charge on any atom is -0.284 e. The molecule has 5 nitrogen and oxygen atoms in total. The van der Waals surface area contributed by atoms with Crippen LogP contribution < -0.4 is 5.56 Å². The minimum absolute atomic E-state index is 0.0309. The van der Waals surface area contributed by atoms with Gasteiger partial charge in [-0.15, -0.1) is 0 Å². The Kier molecular flexibility index (Phi) is 6.77. The predicted molar refractivity (Wildman–Crippen MR) is 108 cm³/mol. The van der Waals surface area contributed by atoms with Crippen molar-refractivity contribution in [2.24, 2.45) is 5.92 Å². The van der Waals surface area contributed by atoms with Crippen LogP contribution in [0, 0.1) is 28.6 Å². The zero-order chi connectivity index (χ0) is 19.2. The van der Waals surface area contributed by atoms with Crippen LogP contribution in [0.25, 0.3) is 10.9 Å². The second kappa shape index (κ2) is 9.26. The molecule has 2 aromatic rings. The van der Waals surface area contributed by atoms with Crippen LogP contribution in [0.1, 0.15) is 51.0 Å². The predicted octanol–water partition coefficient (Wildman–Crippen LogP) is 5.09. The number of nitrogens with zero attached hydrogens (tertiary/aromatic N) is 4. The van der Waals surface area contributed by atoms with Gasteiger partial charge < -0.3 is 0 Å². The molecule has 1 saturated carbocycles. The van der Waals surface area contributed by atoms with E-state index < -0.39 is 0 Å². The van der Waals surface area contributed by atoms with Crippen molar-refractivity contribution in [3.8, 4) is 12.1 Å². The highest BCUT2D eigenvalue weighted by atomic mass is 35.5. The van der Waals surface area contributed by atoms with E-state index in [4.69, 9.17) is 21.8 Å². The second-order valence-electron chi connectivity index (χ2n) is 6.86. The van der Waals surface area contributed by atoms with E-state index in [1.165, 1.54) is 18.2 Å². The van der Waals surface area contributed by atoms with E-state index in [0.29, 0.717) is 39.7 Å². The SMILES string of the molecule is N#CCC[C@H](C#N)CSc1nc2cc(Cl)ccc2c(=O)n1C1CCCCC1. The Balaban J connectivity index is 1.99. The highest BCUT2D eigenvalue weighted by Crippen LogP contribution is 2.32. The minimum atomic E-state index is -0.235. The molecule has 0 saturated heterocycles. The van der Waals surface area contributed by atoms with Gasteiger partial charge in [-0.3, -0.25) is 9.36 Å². The van der Waals surface area contributed by atoms with Crippen LogP contribution in [-0.2, 0) is 0 Å². The molecule has 7 heteroatoms. The number of benzene rings is 1. The molecule has 0 amide bonds. The molecule has 140 valence electrons. The van der Waals surface area contributed by atoms with E-state index in [9.17, 15) is 10.1 Å². The smallest absolute Gasteiger partial charge is 0.262 e. The van der Waals surface area contributed by atoms with Gasteiger partial charge in [0.1, 0.15) is 0 Å². The molecule has 1 aromatic carbocycles. The van der Waals surface area contributed by atoms with Crippen molar-refractivity contribution < 1.29 is 0 Å². The standard InChI is InChI=1S/C20H21ClN4OS/c21-15-8-9-17-18(11-15)24-20(27-13-14(12-23)5-4-10-22)25(19(17)26)16-6-2-1-3-7-16/h8-9,11,14,16H,1-7,13H2/t14-/m1/s1. The van der Waals surface area contributed by atoms with Crippen LogP contribution >= 0.6 is 23.4 Å². The summed E-state index contributed by atoms with van der Waals surface area (Å²) in [7, 11) is 0. The van der Waals surface area contributed by atoms with Crippen LogP contribution in [0.15, 0.2) is 28.2 Å². The van der Waals surface area contributed by atoms with Gasteiger partial charge in [0.15, 0.2) is 5.16 Å². The van der Waals surface area contributed by atoms with E-state index in [-0.39, 0.29) is 17.5 Å². The quantitative estimate of drug-likeness (QED) is 0.498. The van der Waals surface area contributed by atoms with Gasteiger partial charge in [0.25, 0.3) is 5.56 Å². The zero-order valence-electron chi connectivity index (χ0n) is 15.0. The summed E-state index contributed by atoms with van der Waals surface area (Å²) in [5.41, 5.74) is 0.559. The largest absolute Gasteiger partial charge is 0.284 e. The number of aromatic nitrogens is 2. The summed E-state index contributed by atoms with van der Waals surface area (Å²) in [6, 6.07) is 9.68. The van der Waals surface area contributed by atoms with Gasteiger partial charge in [-0.1, -0.05) is 42.6 Å². The maximum Gasteiger partial charge on any atom is 0.262 e. The number of fused-ring (bicyclic) bond motifs is 1. The van der Waals surface area contributed by atoms with Crippen LogP contribution in [0.3, 0.4) is 0 Å². The van der Waals surface area contributed by atoms with Gasteiger partial charge in [0.2, 0.25) is 0 Å². The van der Waals surface area contributed by atoms with Gasteiger partial charge in [-0.2, -0.15) is 10.5 Å². The molecule has 3 rings (SSSR count). The summed E-state index contributed by atoms with van der Waals surface area (Å²) in [5.74, 6) is 0.282. The van der Waals surface area contributed by atoms with Crippen LogP contribution in [0.4, 0.5) is 0 Å². The third-order valence-corrected chi connectivity index (χ3v) is 6.32. The monoisotopic (exact) mass is 400 g/mol. The first-order valence-electron chi connectivity index (χ1n) is 9.25. The fourth-order valence-corrected chi connectivity index (χ4v) is 4.81. The summed E-state index contributed by atoms with van der Waals surface area (Å²) in [4.78, 5) is 17.9. The molecule has 0 unspecified atom stereocenters. The van der Waals surface area contributed by atoms with Gasteiger partial charge >= 0.3 is 0 Å². The van der Waals surface area contributed by atoms with Crippen molar-refractivity contribution in [1.82, 2.24) is 9.55 Å². The van der Waals surface area contributed by atoms with Crippen molar-refractivity contribution >= 4 is 34.3 Å². The van der Waals surface area contributed by atoms with E-state index in [2.05, 4.69) is 12.1 Å². The lowest BCUT2D eigenvalue weighted by molar-refractivity contribution is 0.326. The first-order chi connectivity index (χ1) is 13.1. The van der Waals surface area contributed by atoms with Gasteiger partial charge in [0.05, 0.1) is 29.0 Å². The molecule has 1 fully saturated rings. The van der Waals surface area contributed by atoms with Crippen molar-refractivity contribution in [2.75, 3.05) is 5.75 Å². The maximum absolute atomic E-state index is 13.2. The lowest BCUT2D eigenvalue weighted by Crippen LogP contribution is -2.29. The highest BCUT2D eigenvalue weighted by Gasteiger charge is 2.22. The van der Waals surface area contributed by atoms with E-state index in [1.807, 2.05) is 4.57 Å². The average molecular weight is 401 g/mol. The number of thioether (sulfide) groups is 1. The summed E-state index contributed by atoms with van der Waals surface area (Å²) < 4.78 is 1.83. The summed E-state index contributed by atoms with van der Waals surface area (Å²) in [6.07, 6.45) is 6.28. The number of nitriles is 2. The third kappa shape index (κ3) is 4.64. The zero-order valence-corrected chi connectivity index (χ0v) is 16.6. The van der Waals surface area contributed by atoms with Gasteiger partial charge in [-0.25, -0.2) is 4.98 Å². The fourth-order valence-electron chi connectivity index (χ4n) is 3.51. The van der Waals surface area contributed by atoms with Crippen LogP contribution in [-0.4, -0.2) is 15.3 Å². The first-order valence-corrected chi connectivity index (χ1v) is 10.6. The molecule has 0 bridgehead atoms. The molecule has 1 atom stereocenters. The number of hydrogen-bond donors (Lipinski definition) is 0. The Morgan fingerprint density at radius 1 is 1.30 bits per heavy atom. The van der Waals surface area contributed by atoms with Crippen molar-refractivity contribution in [3.63, 3.8) is 0 Å². The van der Waals surface area contributed by atoms with Gasteiger partial charge in [-0.05, 0) is 37.5 Å². The fraction of sp³-hybridized carbons (Fsp3) is 0.500. The maximum atomic E-state index is 13.2. The normalized spacial score (nSPS) is 16.0. The summed E-state index contributed by atoms with van der Waals surface area (Å²) in [5, 5.41) is 19.9. The van der Waals surface area contributed by atoms with Crippen LogP contribution in [0.2, 0.25) is 5.02 Å². The molecule has 27 heavy (non-hydrogen) atoms. The third-order valence-electron chi connectivity index (χ3n) is 4.97. The molecule has 0 radical (unpaired) electrons. The Labute approximate surface area is 168 Å². The first kappa shape index (κ1) is 19.7. The molecule has 1 heterocycles. The number of hydrogen-bond acceptors (Lipinski definition) is 5. The Morgan fingerprint density at radius 3 is 2.78 bits per heavy atom. The molecule has 0 aliphatic heterocycles. The Hall–Kier alpha value is -2.02. The second-order valence-corrected chi connectivity index (χ2v) is 8.28. The molecule has 1 aliphatic rings. The van der Waals surface area contributed by atoms with E-state index >= 15 is 0 Å². The highest BCUT2D eigenvalue weighted by molar-refractivity contribution is 7.99. The van der Waals surface area contributed by atoms with E-state index in [1.54, 1.807) is 18.2 Å². The van der Waals surface area contributed by atoms with Gasteiger partial charge in [0, 0.05) is 23.2 Å². The van der Waals surface area contributed by atoms with E-state index in [0.717, 1.165) is 25.7 Å². The molecular formula is C20H21ClN4OS. The topological polar surface area (TPSA) is 82.5 Å². The molecular weight excluding hydrogens is 380 g/mol. The lowest BCUT2D eigenvalue weighted by Gasteiger charge is -2.26. The van der Waals surface area contributed by atoms with Crippen molar-refractivity contribution in [1.29, 1.82) is 10.5 Å². The summed E-state index contributed by atoms with van der Waals surface area (Å²) in [6.45, 7) is 0. The summed E-state index contributed by atoms with van der Waals surface area (Å²) >= 11 is 7.53. The van der Waals surface area contributed by atoms with Crippen molar-refractivity contribution in [2.45, 2.75) is 56.1 Å². The van der Waals surface area contributed by atoms with Crippen LogP contribution in [0.5, 0.6) is 0 Å². The van der Waals surface area contributed by atoms with Crippen molar-refractivity contribution in [3.05, 3.63) is 33.6 Å². The number of halogens is 1. The average Bonchev–Trinajstić information content (AvgIpc) is 2.68. The molecule has 0 spiro atoms. The molecule has 1 aromatic heterocycles. The Bertz CT molecular complexity index is 953. The lowest BCUT2D eigenvalue weighted by atomic mass is 9.95. The number of rotatable bonds is 6. The molecule has 1 aliphatic carbocycles. The molecule has 0 N–H and O–H groups in total.